The second kappa shape index (κ2) is 15.8. The zero-order valence-corrected chi connectivity index (χ0v) is 13.0. The molecule has 21 heavy (non-hydrogen) atoms. The zero-order chi connectivity index (χ0) is 17.3. The summed E-state index contributed by atoms with van der Waals surface area (Å²) < 4.78 is 24.2. The summed E-state index contributed by atoms with van der Waals surface area (Å²) in [4.78, 5) is 8.56. The predicted octanol–water partition coefficient (Wildman–Crippen LogP) is 4.59. The molecule has 0 saturated carbocycles. The maximum atomic E-state index is 11.0. The van der Waals surface area contributed by atoms with Crippen LogP contribution in [-0.2, 0) is 18.1 Å². The first-order valence-corrected chi connectivity index (χ1v) is 6.80. The third kappa shape index (κ3) is 20.2. The molecule has 0 bridgehead atoms. The summed E-state index contributed by atoms with van der Waals surface area (Å²) in [5, 5.41) is 13.9. The van der Waals surface area contributed by atoms with Crippen molar-refractivity contribution in [3.05, 3.63) is 62.6 Å². The highest BCUT2D eigenvalue weighted by molar-refractivity contribution is 7.48. The van der Waals surface area contributed by atoms with E-state index in [-0.39, 0.29) is 0 Å². The first-order chi connectivity index (χ1) is 9.76. The maximum absolute atomic E-state index is 11.0. The van der Waals surface area contributed by atoms with Crippen LogP contribution in [0, 0.1) is 0 Å². The summed E-state index contributed by atoms with van der Waals surface area (Å²) in [7, 11) is -2.23. The van der Waals surface area contributed by atoms with Crippen molar-refractivity contribution in [2.75, 3.05) is 7.11 Å². The molecule has 0 aromatic carbocycles. The molecule has 0 saturated heterocycles. The Hall–Kier alpha value is -2.24. The fourth-order valence-corrected chi connectivity index (χ4v) is 1.20. The molecule has 0 unspecified atom stereocenters. The van der Waals surface area contributed by atoms with E-state index in [1.54, 1.807) is 12.2 Å². The monoisotopic (exact) mass is 320 g/mol. The molecular formula is C13H21O7P. The van der Waals surface area contributed by atoms with Gasteiger partial charge in [-0.05, 0) is 12.5 Å². The van der Waals surface area contributed by atoms with Crippen molar-refractivity contribution in [3.63, 3.8) is 0 Å². The highest BCUT2D eigenvalue weighted by atomic mass is 31.2. The summed E-state index contributed by atoms with van der Waals surface area (Å²) >= 11 is 0. The summed E-state index contributed by atoms with van der Waals surface area (Å²) in [6.45, 7) is 15.5. The molecule has 0 aliphatic carbocycles. The molecule has 2 N–H and O–H groups in total. The number of hydrogen-bond donors (Lipinski definition) is 2. The van der Waals surface area contributed by atoms with E-state index in [0.717, 1.165) is 18.1 Å². The number of rotatable bonds is 7. The third-order valence-electron chi connectivity index (χ3n) is 1.44. The van der Waals surface area contributed by atoms with Crippen LogP contribution in [-0.4, -0.2) is 23.5 Å². The van der Waals surface area contributed by atoms with Gasteiger partial charge in [0.15, 0.2) is 0 Å². The Kier molecular flexibility index (Phi) is 17.9. The molecule has 0 aliphatic rings. The van der Waals surface area contributed by atoms with E-state index >= 15 is 0 Å². The van der Waals surface area contributed by atoms with Gasteiger partial charge >= 0.3 is 14.0 Å². The van der Waals surface area contributed by atoms with Gasteiger partial charge in [-0.15, -0.1) is 0 Å². The van der Waals surface area contributed by atoms with Crippen LogP contribution in [0.1, 0.15) is 6.92 Å². The molecule has 0 aromatic heterocycles. The predicted molar refractivity (Wildman–Crippen MR) is 82.0 cm³/mol. The molecule has 0 heterocycles. The van der Waals surface area contributed by atoms with E-state index in [1.807, 2.05) is 13.0 Å². The van der Waals surface area contributed by atoms with Gasteiger partial charge < -0.3 is 19.3 Å². The van der Waals surface area contributed by atoms with Gasteiger partial charge in [-0.1, -0.05) is 44.5 Å². The number of phosphoric acid groups is 1. The minimum absolute atomic E-state index is 0.980. The molecule has 0 fully saturated rings. The number of phosphoric ester groups is 1. The van der Waals surface area contributed by atoms with Crippen LogP contribution in [0.3, 0.4) is 0 Å². The third-order valence-corrected chi connectivity index (χ3v) is 2.70. The topological polar surface area (TPSA) is 102 Å². The molecule has 7 nitrogen and oxygen atoms in total. The molecular weight excluding hydrogens is 299 g/mol. The second-order valence-electron chi connectivity index (χ2n) is 2.65. The molecule has 0 amide bonds. The quantitative estimate of drug-likeness (QED) is 0.402. The minimum Gasteiger partial charge on any atom is -0.450 e. The van der Waals surface area contributed by atoms with Crippen LogP contribution in [0.4, 0.5) is 4.79 Å². The van der Waals surface area contributed by atoms with Crippen molar-refractivity contribution in [3.8, 4) is 0 Å². The first-order valence-electron chi connectivity index (χ1n) is 5.34. The van der Waals surface area contributed by atoms with E-state index in [4.69, 9.17) is 15.0 Å². The average molecular weight is 320 g/mol. The fourth-order valence-electron chi connectivity index (χ4n) is 0.613. The molecule has 0 spiro atoms. The van der Waals surface area contributed by atoms with Crippen molar-refractivity contribution < 1.29 is 33.1 Å². The molecule has 0 aliphatic heterocycles. The van der Waals surface area contributed by atoms with Gasteiger partial charge in [0.2, 0.25) is 0 Å². The van der Waals surface area contributed by atoms with Crippen LogP contribution in [0.15, 0.2) is 62.6 Å². The van der Waals surface area contributed by atoms with Crippen LogP contribution in [0.25, 0.3) is 0 Å². The second-order valence-corrected chi connectivity index (χ2v) is 4.33. The Morgan fingerprint density at radius 3 is 1.48 bits per heavy atom. The van der Waals surface area contributed by atoms with Crippen molar-refractivity contribution in [2.45, 2.75) is 6.92 Å². The highest BCUT2D eigenvalue weighted by Gasteiger charge is 2.23. The van der Waals surface area contributed by atoms with E-state index < -0.39 is 14.0 Å². The number of allylic oxidation sites excluding steroid dienone is 4. The number of carbonyl (C=O) groups is 1. The summed E-state index contributed by atoms with van der Waals surface area (Å²) in [6.07, 6.45) is 5.63. The fraction of sp³-hybridized carbons (Fsp3) is 0.154. The number of hydrogen-bond acceptors (Lipinski definition) is 5. The standard InChI is InChI=1S/C7H10.C5H9O4P.CH2O3/c1-4-7(5-2)6-3;1-4-8-10(6,7-3)9-5-2;2-1(3)4/h4-6H,1-2H2,3H3;4-5H,1-2H2,3H3;(H2,2,3,4). The van der Waals surface area contributed by atoms with E-state index in [0.29, 0.717) is 0 Å². The van der Waals surface area contributed by atoms with Gasteiger partial charge in [-0.2, -0.15) is 0 Å². The van der Waals surface area contributed by atoms with Gasteiger partial charge in [-0.3, -0.25) is 4.52 Å². The van der Waals surface area contributed by atoms with Gasteiger partial charge in [-0.25, -0.2) is 9.36 Å². The van der Waals surface area contributed by atoms with Crippen LogP contribution in [0.5, 0.6) is 0 Å². The molecule has 0 aromatic rings. The lowest BCUT2D eigenvalue weighted by Gasteiger charge is -2.10. The molecule has 120 valence electrons. The Labute approximate surface area is 124 Å². The van der Waals surface area contributed by atoms with Crippen LogP contribution >= 0.6 is 7.82 Å². The van der Waals surface area contributed by atoms with Crippen molar-refractivity contribution >= 4 is 14.0 Å². The summed E-state index contributed by atoms with van der Waals surface area (Å²) in [6, 6.07) is 0. The van der Waals surface area contributed by atoms with Gasteiger partial charge in [0.1, 0.15) is 0 Å². The lowest BCUT2D eigenvalue weighted by Crippen LogP contribution is -1.87. The molecule has 0 radical (unpaired) electrons. The highest BCUT2D eigenvalue weighted by Crippen LogP contribution is 2.48. The van der Waals surface area contributed by atoms with Crippen LogP contribution in [0.2, 0.25) is 0 Å². The van der Waals surface area contributed by atoms with E-state index in [2.05, 4.69) is 39.9 Å². The van der Waals surface area contributed by atoms with Crippen LogP contribution < -0.4 is 0 Å². The first kappa shape index (κ1) is 23.8. The molecule has 0 rings (SSSR count). The Balaban J connectivity index is -0.000000256. The Morgan fingerprint density at radius 1 is 1.05 bits per heavy atom. The summed E-state index contributed by atoms with van der Waals surface area (Å²) in [5.74, 6) is 0. The van der Waals surface area contributed by atoms with Crippen molar-refractivity contribution in [2.24, 2.45) is 0 Å². The summed E-state index contributed by atoms with van der Waals surface area (Å²) in [5.41, 5.74) is 1.08. The van der Waals surface area contributed by atoms with Crippen molar-refractivity contribution in [1.82, 2.24) is 0 Å². The van der Waals surface area contributed by atoms with Gasteiger partial charge in [0.05, 0.1) is 12.5 Å². The SMILES string of the molecule is C=CC(C=C)=CC.C=COP(=O)(OC)OC=C.O=C(O)O. The van der Waals surface area contributed by atoms with Gasteiger partial charge in [0, 0.05) is 7.11 Å². The lowest BCUT2D eigenvalue weighted by atomic mass is 10.2. The minimum atomic E-state index is -3.44. The van der Waals surface area contributed by atoms with Crippen molar-refractivity contribution in [1.29, 1.82) is 0 Å². The smallest absolute Gasteiger partial charge is 0.450 e. The normalized spacial score (nSPS) is 8.29. The van der Waals surface area contributed by atoms with E-state index in [1.165, 1.54) is 7.11 Å². The molecule has 8 heteroatoms. The zero-order valence-electron chi connectivity index (χ0n) is 12.1. The average Bonchev–Trinajstić information content (AvgIpc) is 2.41. The Bertz CT molecular complexity index is 385. The largest absolute Gasteiger partial charge is 0.586 e. The number of carboxylic acid groups (broad SMARTS) is 2. The lowest BCUT2D eigenvalue weighted by molar-refractivity contribution is 0.137. The molecule has 0 atom stereocenters. The van der Waals surface area contributed by atoms with Gasteiger partial charge in [0.25, 0.3) is 0 Å². The van der Waals surface area contributed by atoms with E-state index in [9.17, 15) is 4.57 Å². The maximum Gasteiger partial charge on any atom is 0.586 e. The Morgan fingerprint density at radius 2 is 1.38 bits per heavy atom.